The molecule has 0 fully saturated rings. The van der Waals surface area contributed by atoms with Crippen LogP contribution in [0.3, 0.4) is 0 Å². The zero-order valence-corrected chi connectivity index (χ0v) is 12.7. The average Bonchev–Trinajstić information content (AvgIpc) is 2.41. The Morgan fingerprint density at radius 1 is 1.40 bits per heavy atom. The molecule has 1 aromatic carbocycles. The number of sulfone groups is 1. The average molecular weight is 319 g/mol. The third-order valence-electron chi connectivity index (χ3n) is 2.48. The van der Waals surface area contributed by atoms with Gasteiger partial charge in [0.25, 0.3) is 0 Å². The minimum Gasteiger partial charge on any atom is -0.491 e. The zero-order chi connectivity index (χ0) is 15.0. The van der Waals surface area contributed by atoms with E-state index in [4.69, 9.17) is 16.3 Å². The van der Waals surface area contributed by atoms with Gasteiger partial charge in [0.05, 0.1) is 11.3 Å². The molecule has 1 rings (SSSR count). The lowest BCUT2D eigenvalue weighted by Gasteiger charge is -2.08. The van der Waals surface area contributed by atoms with E-state index in [1.807, 2.05) is 0 Å². The van der Waals surface area contributed by atoms with Gasteiger partial charge in [0.15, 0.2) is 9.84 Å². The lowest BCUT2D eigenvalue weighted by molar-refractivity contribution is 0.339. The van der Waals surface area contributed by atoms with Crippen LogP contribution in [-0.2, 0) is 9.84 Å². The number of benzene rings is 1. The zero-order valence-electron chi connectivity index (χ0n) is 11.2. The summed E-state index contributed by atoms with van der Waals surface area (Å²) in [4.78, 5) is 0. The third-order valence-corrected chi connectivity index (χ3v) is 4.33. The van der Waals surface area contributed by atoms with Gasteiger partial charge in [0.2, 0.25) is 0 Å². The molecule has 110 valence electrons. The molecule has 0 saturated heterocycles. The molecular weight excluding hydrogens is 303 g/mol. The highest BCUT2D eigenvalue weighted by molar-refractivity contribution is 7.91. The Morgan fingerprint density at radius 2 is 2.15 bits per heavy atom. The molecule has 1 aromatic rings. The quantitative estimate of drug-likeness (QED) is 0.598. The molecule has 6 heteroatoms. The van der Waals surface area contributed by atoms with Crippen LogP contribution < -0.4 is 4.74 Å². The molecular formula is C14H16ClFO3S. The molecule has 20 heavy (non-hydrogen) atoms. The molecule has 0 atom stereocenters. The number of rotatable bonds is 6. The number of alkyl halides is 1. The molecule has 0 spiro atoms. The van der Waals surface area contributed by atoms with Crippen LogP contribution in [0.25, 0.3) is 0 Å². The molecule has 3 nitrogen and oxygen atoms in total. The topological polar surface area (TPSA) is 43.4 Å². The predicted molar refractivity (Wildman–Crippen MR) is 78.4 cm³/mol. The number of ether oxygens (including phenoxy) is 1. The minimum atomic E-state index is -3.08. The summed E-state index contributed by atoms with van der Waals surface area (Å²) in [5.41, 5.74) is 0.393. The van der Waals surface area contributed by atoms with Crippen molar-refractivity contribution in [3.63, 3.8) is 0 Å². The van der Waals surface area contributed by atoms with Crippen molar-refractivity contribution in [3.05, 3.63) is 29.6 Å². The molecule has 0 unspecified atom stereocenters. The van der Waals surface area contributed by atoms with E-state index in [2.05, 4.69) is 11.8 Å². The van der Waals surface area contributed by atoms with Crippen molar-refractivity contribution >= 4 is 21.4 Å². The number of hydrogen-bond acceptors (Lipinski definition) is 3. The van der Waals surface area contributed by atoms with Crippen LogP contribution in [0, 0.1) is 17.7 Å². The first-order valence-corrected chi connectivity index (χ1v) is 8.51. The first kappa shape index (κ1) is 16.8. The molecule has 0 aliphatic carbocycles. The summed E-state index contributed by atoms with van der Waals surface area (Å²) < 4.78 is 41.3. The Hall–Kier alpha value is -1.25. The Labute approximate surface area is 124 Å². The highest BCUT2D eigenvalue weighted by Gasteiger charge is 2.09. The van der Waals surface area contributed by atoms with E-state index >= 15 is 0 Å². The maximum atomic E-state index is 13.2. The standard InChI is InChI=1S/C14H16ClFO3S/c1-2-20(17,18)10-9-19-14-7-6-13(16)11-12(14)5-3-4-8-15/h6-7,11H,2,4,8-10H2,1H3. The molecule has 0 N–H and O–H groups in total. The van der Waals surface area contributed by atoms with Crippen molar-refractivity contribution in [1.29, 1.82) is 0 Å². The highest BCUT2D eigenvalue weighted by Crippen LogP contribution is 2.18. The normalized spacial score (nSPS) is 10.8. The second kappa shape index (κ2) is 8.13. The van der Waals surface area contributed by atoms with E-state index in [-0.39, 0.29) is 18.1 Å². The van der Waals surface area contributed by atoms with Crippen LogP contribution in [0.4, 0.5) is 4.39 Å². The maximum Gasteiger partial charge on any atom is 0.153 e. The highest BCUT2D eigenvalue weighted by atomic mass is 35.5. The van der Waals surface area contributed by atoms with E-state index < -0.39 is 15.7 Å². The van der Waals surface area contributed by atoms with Gasteiger partial charge in [0, 0.05) is 18.1 Å². The van der Waals surface area contributed by atoms with Crippen LogP contribution >= 0.6 is 11.6 Å². The second-order valence-electron chi connectivity index (χ2n) is 3.97. The predicted octanol–water partition coefficient (Wildman–Crippen LogP) is 2.62. The van der Waals surface area contributed by atoms with Gasteiger partial charge in [-0.2, -0.15) is 0 Å². The number of hydrogen-bond donors (Lipinski definition) is 0. The van der Waals surface area contributed by atoms with Gasteiger partial charge in [-0.15, -0.1) is 11.6 Å². The van der Waals surface area contributed by atoms with Gasteiger partial charge in [-0.25, -0.2) is 12.8 Å². The Bertz CT molecular complexity index is 603. The molecule has 0 heterocycles. The van der Waals surface area contributed by atoms with E-state index in [0.29, 0.717) is 23.6 Å². The van der Waals surface area contributed by atoms with E-state index in [1.165, 1.54) is 18.2 Å². The molecule has 0 radical (unpaired) electrons. The van der Waals surface area contributed by atoms with Crippen LogP contribution in [0.1, 0.15) is 18.9 Å². The summed E-state index contributed by atoms with van der Waals surface area (Å²) in [6.07, 6.45) is 0.488. The van der Waals surface area contributed by atoms with Gasteiger partial charge < -0.3 is 4.74 Å². The summed E-state index contributed by atoms with van der Waals surface area (Å²) in [5, 5.41) is 0. The maximum absolute atomic E-state index is 13.2. The van der Waals surface area contributed by atoms with Crippen LogP contribution in [-0.4, -0.2) is 32.4 Å². The summed E-state index contributed by atoms with van der Waals surface area (Å²) in [6.45, 7) is 1.60. The minimum absolute atomic E-state index is 0.0198. The lowest BCUT2D eigenvalue weighted by atomic mass is 10.2. The summed E-state index contributed by atoms with van der Waals surface area (Å²) in [5.74, 6) is 5.90. The van der Waals surface area contributed by atoms with Crippen molar-refractivity contribution in [2.24, 2.45) is 0 Å². The first-order chi connectivity index (χ1) is 9.48. The fourth-order valence-electron chi connectivity index (χ4n) is 1.35. The monoisotopic (exact) mass is 318 g/mol. The van der Waals surface area contributed by atoms with E-state index in [9.17, 15) is 12.8 Å². The van der Waals surface area contributed by atoms with Gasteiger partial charge in [0.1, 0.15) is 18.2 Å². The Morgan fingerprint density at radius 3 is 2.80 bits per heavy atom. The fourth-order valence-corrected chi connectivity index (χ4v) is 2.07. The van der Waals surface area contributed by atoms with E-state index in [0.717, 1.165) is 0 Å². The van der Waals surface area contributed by atoms with Crippen molar-refractivity contribution < 1.29 is 17.5 Å². The van der Waals surface area contributed by atoms with Crippen molar-refractivity contribution in [2.45, 2.75) is 13.3 Å². The fraction of sp³-hybridized carbons (Fsp3) is 0.429. The molecule has 0 amide bonds. The molecule has 0 aliphatic rings. The third kappa shape index (κ3) is 5.81. The van der Waals surface area contributed by atoms with Gasteiger partial charge in [-0.1, -0.05) is 18.8 Å². The van der Waals surface area contributed by atoms with Crippen molar-refractivity contribution in [1.82, 2.24) is 0 Å². The van der Waals surface area contributed by atoms with Crippen LogP contribution in [0.2, 0.25) is 0 Å². The van der Waals surface area contributed by atoms with Crippen molar-refractivity contribution in [3.8, 4) is 17.6 Å². The van der Waals surface area contributed by atoms with Gasteiger partial charge in [-0.05, 0) is 18.2 Å². The first-order valence-electron chi connectivity index (χ1n) is 6.16. The van der Waals surface area contributed by atoms with Gasteiger partial charge in [-0.3, -0.25) is 0 Å². The molecule has 0 bridgehead atoms. The summed E-state index contributed by atoms with van der Waals surface area (Å²) in [7, 11) is -3.08. The van der Waals surface area contributed by atoms with Crippen LogP contribution in [0.15, 0.2) is 18.2 Å². The molecule has 0 saturated carbocycles. The summed E-state index contributed by atoms with van der Waals surface area (Å²) in [6, 6.07) is 3.94. The smallest absolute Gasteiger partial charge is 0.153 e. The van der Waals surface area contributed by atoms with E-state index in [1.54, 1.807) is 6.92 Å². The van der Waals surface area contributed by atoms with Crippen LogP contribution in [0.5, 0.6) is 5.75 Å². The Balaban J connectivity index is 2.77. The SMILES string of the molecule is CCS(=O)(=O)CCOc1ccc(F)cc1C#CCCCl. The van der Waals surface area contributed by atoms with Crippen molar-refractivity contribution in [2.75, 3.05) is 24.0 Å². The Kier molecular flexibility index (Phi) is 6.83. The molecule has 0 aliphatic heterocycles. The largest absolute Gasteiger partial charge is 0.491 e. The van der Waals surface area contributed by atoms with Gasteiger partial charge >= 0.3 is 0 Å². The summed E-state index contributed by atoms with van der Waals surface area (Å²) >= 11 is 5.51. The lowest BCUT2D eigenvalue weighted by Crippen LogP contribution is -2.15. The second-order valence-corrected chi connectivity index (χ2v) is 6.82. The number of halogens is 2. The molecule has 0 aromatic heterocycles.